The number of carbonyl (C=O) groups is 3. The largest absolute Gasteiger partial charge is 0.372 e. The fourth-order valence-corrected chi connectivity index (χ4v) is 7.55. The maximum absolute atomic E-state index is 15.3. The van der Waals surface area contributed by atoms with E-state index in [-0.39, 0.29) is 25.2 Å². The SMILES string of the molecule is N#C[C@H](C[C@H]1CCCNC1=O)NC(=O)[C@H]1[C@@H]2CC[C@@H](CC2(F)F)N1C(=O)[C@]1(O)c2ccccc2-c2ccc(Br)cc21. The molecular formula is C30H29BrF2N4O4. The minimum Gasteiger partial charge on any atom is -0.372 e. The topological polar surface area (TPSA) is 123 Å². The van der Waals surface area contributed by atoms with E-state index in [0.29, 0.717) is 39.7 Å². The Bertz CT molecular complexity index is 1480. The second kappa shape index (κ2) is 10.2. The molecule has 4 fully saturated rings. The van der Waals surface area contributed by atoms with Crippen LogP contribution < -0.4 is 10.6 Å². The number of nitriles is 1. The Labute approximate surface area is 244 Å². The first-order valence-electron chi connectivity index (χ1n) is 13.9. The average Bonchev–Trinajstić information content (AvgIpc) is 3.21. The van der Waals surface area contributed by atoms with E-state index in [1.165, 1.54) is 0 Å². The number of benzene rings is 2. The summed E-state index contributed by atoms with van der Waals surface area (Å²) in [6, 6.07) is 10.4. The first-order valence-corrected chi connectivity index (χ1v) is 14.7. The molecule has 0 unspecified atom stereocenters. The second-order valence-corrected chi connectivity index (χ2v) is 12.4. The summed E-state index contributed by atoms with van der Waals surface area (Å²) in [5.74, 6) is -7.09. The molecule has 2 aliphatic carbocycles. The molecule has 3 saturated heterocycles. The Morgan fingerprint density at radius 1 is 1.17 bits per heavy atom. The number of alkyl halides is 2. The van der Waals surface area contributed by atoms with Gasteiger partial charge in [-0.3, -0.25) is 14.4 Å². The zero-order valence-corrected chi connectivity index (χ0v) is 23.7. The number of fused-ring (bicyclic) bond motifs is 6. The third-order valence-corrected chi connectivity index (χ3v) is 9.61. The predicted molar refractivity (Wildman–Crippen MR) is 147 cm³/mol. The molecule has 3 amide bonds. The van der Waals surface area contributed by atoms with E-state index in [4.69, 9.17) is 0 Å². The maximum atomic E-state index is 15.3. The van der Waals surface area contributed by atoms with Gasteiger partial charge in [-0.2, -0.15) is 5.26 Å². The molecule has 2 bridgehead atoms. The zero-order valence-electron chi connectivity index (χ0n) is 22.1. The van der Waals surface area contributed by atoms with Crippen LogP contribution in [0.2, 0.25) is 0 Å². The summed E-state index contributed by atoms with van der Waals surface area (Å²) < 4.78 is 31.2. The van der Waals surface area contributed by atoms with Crippen LogP contribution >= 0.6 is 15.9 Å². The number of piperidine rings is 3. The number of rotatable bonds is 5. The van der Waals surface area contributed by atoms with Crippen molar-refractivity contribution in [2.75, 3.05) is 6.54 Å². The van der Waals surface area contributed by atoms with Crippen molar-refractivity contribution in [3.05, 3.63) is 58.1 Å². The highest BCUT2D eigenvalue weighted by atomic mass is 79.9. The van der Waals surface area contributed by atoms with Gasteiger partial charge in [0.25, 0.3) is 11.8 Å². The highest BCUT2D eigenvalue weighted by Crippen LogP contribution is 2.54. The van der Waals surface area contributed by atoms with Gasteiger partial charge in [-0.1, -0.05) is 46.3 Å². The Morgan fingerprint density at radius 3 is 2.66 bits per heavy atom. The summed E-state index contributed by atoms with van der Waals surface area (Å²) in [7, 11) is 0. The van der Waals surface area contributed by atoms with Crippen molar-refractivity contribution in [3.63, 3.8) is 0 Å². The van der Waals surface area contributed by atoms with Gasteiger partial charge in [-0.15, -0.1) is 0 Å². The zero-order chi connectivity index (χ0) is 29.1. The van der Waals surface area contributed by atoms with Gasteiger partial charge in [-0.25, -0.2) is 8.78 Å². The standard InChI is InChI=1S/C30H29BrF2N4O4/c31-17-7-9-21-20-5-1-2-6-22(20)30(41,24(21)13-17)28(40)37-19-8-10-23(29(32,33)14-19)25(37)27(39)36-18(15-34)12-16-4-3-11-35-26(16)38/h1-2,5-7,9,13,16,18-19,23,25,41H,3-4,8,10-12,14H2,(H,35,38)(H,36,39)/t16-,18+,19+,23+,25-,30+/m1/s1. The third-order valence-electron chi connectivity index (χ3n) is 9.12. The molecule has 3 aliphatic heterocycles. The fraction of sp³-hybridized carbons (Fsp3) is 0.467. The number of carbonyl (C=O) groups excluding carboxylic acids is 3. The van der Waals surface area contributed by atoms with Crippen molar-refractivity contribution in [2.45, 2.75) is 68.2 Å². The van der Waals surface area contributed by atoms with Crippen molar-refractivity contribution in [1.82, 2.24) is 15.5 Å². The van der Waals surface area contributed by atoms with Crippen LogP contribution in [0.5, 0.6) is 0 Å². The van der Waals surface area contributed by atoms with Crippen molar-refractivity contribution in [1.29, 1.82) is 5.26 Å². The van der Waals surface area contributed by atoms with Gasteiger partial charge in [0.1, 0.15) is 12.1 Å². The molecule has 0 spiro atoms. The van der Waals surface area contributed by atoms with E-state index in [1.807, 2.05) is 6.07 Å². The first-order chi connectivity index (χ1) is 19.6. The molecule has 6 atom stereocenters. The van der Waals surface area contributed by atoms with Gasteiger partial charge in [0.05, 0.1) is 12.0 Å². The van der Waals surface area contributed by atoms with Gasteiger partial charge >= 0.3 is 0 Å². The number of halogens is 3. The molecule has 214 valence electrons. The molecule has 1 saturated carbocycles. The molecular weight excluding hydrogens is 598 g/mol. The summed E-state index contributed by atoms with van der Waals surface area (Å²) in [4.78, 5) is 41.7. The van der Waals surface area contributed by atoms with Crippen LogP contribution in [0.25, 0.3) is 11.1 Å². The molecule has 3 heterocycles. The van der Waals surface area contributed by atoms with Crippen LogP contribution in [0.15, 0.2) is 46.9 Å². The lowest BCUT2D eigenvalue weighted by molar-refractivity contribution is -0.201. The number of nitrogens with one attached hydrogen (secondary N) is 2. The Hall–Kier alpha value is -3.36. The lowest BCUT2D eigenvalue weighted by Crippen LogP contribution is -2.70. The number of hydrogen-bond donors (Lipinski definition) is 3. The quantitative estimate of drug-likeness (QED) is 0.468. The molecule has 41 heavy (non-hydrogen) atoms. The van der Waals surface area contributed by atoms with Gasteiger partial charge in [0.2, 0.25) is 11.8 Å². The molecule has 3 N–H and O–H groups in total. The first kappa shape index (κ1) is 27.8. The maximum Gasteiger partial charge on any atom is 0.264 e. The van der Waals surface area contributed by atoms with Crippen molar-refractivity contribution < 1.29 is 28.3 Å². The molecule has 7 rings (SSSR count). The van der Waals surface area contributed by atoms with Gasteiger partial charge in [0, 0.05) is 40.5 Å². The van der Waals surface area contributed by atoms with E-state index < -0.39 is 59.7 Å². The monoisotopic (exact) mass is 626 g/mol. The molecule has 0 radical (unpaired) electrons. The number of hydrogen-bond acceptors (Lipinski definition) is 5. The van der Waals surface area contributed by atoms with Crippen molar-refractivity contribution >= 4 is 33.7 Å². The van der Waals surface area contributed by atoms with E-state index in [0.717, 1.165) is 11.3 Å². The molecule has 11 heteroatoms. The molecule has 2 aromatic rings. The van der Waals surface area contributed by atoms with Crippen LogP contribution in [0.4, 0.5) is 8.78 Å². The van der Waals surface area contributed by atoms with E-state index >= 15 is 8.78 Å². The minimum absolute atomic E-state index is 0.0267. The Morgan fingerprint density at radius 2 is 1.93 bits per heavy atom. The summed E-state index contributed by atoms with van der Waals surface area (Å²) >= 11 is 3.41. The van der Waals surface area contributed by atoms with Crippen molar-refractivity contribution in [2.24, 2.45) is 11.8 Å². The fourth-order valence-electron chi connectivity index (χ4n) is 7.19. The Balaban J connectivity index is 1.36. The van der Waals surface area contributed by atoms with E-state index in [2.05, 4.69) is 26.6 Å². The normalized spacial score (nSPS) is 30.0. The lowest BCUT2D eigenvalue weighted by atomic mass is 9.70. The highest BCUT2D eigenvalue weighted by molar-refractivity contribution is 9.10. The molecule has 5 aliphatic rings. The average molecular weight is 627 g/mol. The summed E-state index contributed by atoms with van der Waals surface area (Å²) in [6.45, 7) is 0.544. The van der Waals surface area contributed by atoms with E-state index in [9.17, 15) is 24.8 Å². The summed E-state index contributed by atoms with van der Waals surface area (Å²) in [5.41, 5.74) is -0.277. The summed E-state index contributed by atoms with van der Waals surface area (Å²) in [5, 5.41) is 27.3. The third kappa shape index (κ3) is 4.43. The molecule has 8 nitrogen and oxygen atoms in total. The number of aliphatic hydroxyl groups is 1. The van der Waals surface area contributed by atoms with Gasteiger partial charge < -0.3 is 20.6 Å². The van der Waals surface area contributed by atoms with E-state index in [1.54, 1.807) is 42.5 Å². The highest BCUT2D eigenvalue weighted by Gasteiger charge is 2.63. The van der Waals surface area contributed by atoms with Crippen LogP contribution in [-0.4, -0.2) is 58.3 Å². The Kier molecular flexibility index (Phi) is 6.90. The van der Waals surface area contributed by atoms with Gasteiger partial charge in [-0.05, 0) is 55.4 Å². The lowest BCUT2D eigenvalue weighted by Gasteiger charge is -2.54. The summed E-state index contributed by atoms with van der Waals surface area (Å²) in [6.07, 6.45) is 1.01. The van der Waals surface area contributed by atoms with Crippen LogP contribution in [-0.2, 0) is 20.0 Å². The number of amides is 3. The van der Waals surface area contributed by atoms with Crippen LogP contribution in [0.3, 0.4) is 0 Å². The second-order valence-electron chi connectivity index (χ2n) is 11.5. The predicted octanol–water partition coefficient (Wildman–Crippen LogP) is 3.60. The van der Waals surface area contributed by atoms with Crippen molar-refractivity contribution in [3.8, 4) is 17.2 Å². The molecule has 0 aromatic heterocycles. The minimum atomic E-state index is -3.20. The smallest absolute Gasteiger partial charge is 0.264 e. The van der Waals surface area contributed by atoms with Gasteiger partial charge in [0.15, 0.2) is 5.60 Å². The number of nitrogens with zero attached hydrogens (tertiary/aromatic N) is 2. The van der Waals surface area contributed by atoms with Crippen LogP contribution in [0, 0.1) is 23.2 Å². The van der Waals surface area contributed by atoms with Crippen LogP contribution in [0.1, 0.15) is 49.7 Å². The molecule has 2 aromatic carbocycles.